The summed E-state index contributed by atoms with van der Waals surface area (Å²) in [4.78, 5) is 8.90. The minimum atomic E-state index is -4.30. The molecule has 4 heterocycles. The lowest BCUT2D eigenvalue weighted by Gasteiger charge is -2.30. The smallest absolute Gasteiger partial charge is 0.416 e. The first-order valence-electron chi connectivity index (χ1n) is 11.7. The number of halogens is 3. The Kier molecular flexibility index (Phi) is 6.33. The second-order valence-electron chi connectivity index (χ2n) is 9.73. The molecule has 0 N–H and O–H groups in total. The van der Waals surface area contributed by atoms with Crippen LogP contribution in [0.15, 0.2) is 40.2 Å². The molecule has 1 aromatic carbocycles. The molecule has 0 unspecified atom stereocenters. The number of benzene rings is 1. The van der Waals surface area contributed by atoms with Crippen LogP contribution in [-0.2, 0) is 13.2 Å². The summed E-state index contributed by atoms with van der Waals surface area (Å²) in [7, 11) is 1.93. The highest BCUT2D eigenvalue weighted by Gasteiger charge is 2.50. The summed E-state index contributed by atoms with van der Waals surface area (Å²) in [6.07, 6.45) is -0.831. The maximum atomic E-state index is 12.9. The van der Waals surface area contributed by atoms with E-state index in [0.29, 0.717) is 17.6 Å². The third-order valence-electron chi connectivity index (χ3n) is 7.28. The molecule has 0 aliphatic carbocycles. The van der Waals surface area contributed by atoms with Crippen molar-refractivity contribution in [3.63, 3.8) is 0 Å². The normalized spacial score (nSPS) is 22.8. The van der Waals surface area contributed by atoms with Crippen LogP contribution in [0.1, 0.15) is 31.0 Å². The zero-order valence-electron chi connectivity index (χ0n) is 20.0. The molecule has 0 bridgehead atoms. The van der Waals surface area contributed by atoms with Gasteiger partial charge in [0.05, 0.1) is 11.3 Å². The van der Waals surface area contributed by atoms with Crippen molar-refractivity contribution in [1.29, 1.82) is 0 Å². The standard InChI is InChI=1S/C24H29F3N6OS/c1-16-20(34-15-28-16)21-29-30-22(31(21)3)35-12-4-10-32-13-19-23(2,14-32)9-11-33(19)18-7-5-17(6-8-18)24(25,26)27/h5-8,15,19H,4,9-14H2,1-3H3/t19-,23+/m1/s1. The van der Waals surface area contributed by atoms with Gasteiger partial charge in [0.1, 0.15) is 0 Å². The SMILES string of the molecule is Cc1ncoc1-c1nnc(SCCCN2C[C@H]3N(c4ccc(C(F)(F)F)cc4)CC[C@@]3(C)C2)n1C. The highest BCUT2D eigenvalue weighted by molar-refractivity contribution is 7.99. The maximum absolute atomic E-state index is 12.9. The van der Waals surface area contributed by atoms with Crippen LogP contribution in [0.25, 0.3) is 11.6 Å². The third kappa shape index (κ3) is 4.67. The fourth-order valence-corrected chi connectivity index (χ4v) is 6.16. The first kappa shape index (κ1) is 24.2. The number of thioether (sulfide) groups is 1. The molecular weight excluding hydrogens is 477 g/mol. The Labute approximate surface area is 206 Å². The second-order valence-corrected chi connectivity index (χ2v) is 10.8. The van der Waals surface area contributed by atoms with Gasteiger partial charge in [-0.3, -0.25) is 0 Å². The van der Waals surface area contributed by atoms with Crippen LogP contribution in [0.4, 0.5) is 18.9 Å². The van der Waals surface area contributed by atoms with Crippen molar-refractivity contribution >= 4 is 17.4 Å². The van der Waals surface area contributed by atoms with E-state index in [2.05, 4.69) is 31.9 Å². The molecule has 7 nitrogen and oxygen atoms in total. The number of anilines is 1. The molecule has 11 heteroatoms. The zero-order valence-corrected chi connectivity index (χ0v) is 20.9. The highest BCUT2D eigenvalue weighted by Crippen LogP contribution is 2.44. The predicted molar refractivity (Wildman–Crippen MR) is 128 cm³/mol. The van der Waals surface area contributed by atoms with Crippen LogP contribution >= 0.6 is 11.8 Å². The van der Waals surface area contributed by atoms with Crippen LogP contribution in [0.2, 0.25) is 0 Å². The van der Waals surface area contributed by atoms with Gasteiger partial charge in [-0.2, -0.15) is 13.2 Å². The van der Waals surface area contributed by atoms with Crippen LogP contribution in [-0.4, -0.2) is 62.6 Å². The van der Waals surface area contributed by atoms with E-state index < -0.39 is 11.7 Å². The number of oxazole rings is 1. The van der Waals surface area contributed by atoms with Gasteiger partial charge in [-0.05, 0) is 50.6 Å². The van der Waals surface area contributed by atoms with Crippen molar-refractivity contribution in [2.45, 2.75) is 44.1 Å². The van der Waals surface area contributed by atoms with Gasteiger partial charge in [0.2, 0.25) is 5.82 Å². The van der Waals surface area contributed by atoms with Crippen molar-refractivity contribution in [2.24, 2.45) is 12.5 Å². The largest absolute Gasteiger partial charge is 0.440 e. The Morgan fingerprint density at radius 2 is 1.97 bits per heavy atom. The minimum absolute atomic E-state index is 0.156. The number of hydrogen-bond donors (Lipinski definition) is 0. The van der Waals surface area contributed by atoms with Crippen LogP contribution in [0, 0.1) is 12.3 Å². The fraction of sp³-hybridized carbons (Fsp3) is 0.542. The molecule has 2 fully saturated rings. The fourth-order valence-electron chi connectivity index (χ4n) is 5.33. The summed E-state index contributed by atoms with van der Waals surface area (Å²) < 4.78 is 46.2. The first-order chi connectivity index (χ1) is 16.7. The molecule has 0 amide bonds. The summed E-state index contributed by atoms with van der Waals surface area (Å²) in [6, 6.07) is 5.93. The summed E-state index contributed by atoms with van der Waals surface area (Å²) in [5.41, 5.74) is 1.22. The van der Waals surface area contributed by atoms with Gasteiger partial charge in [0.25, 0.3) is 0 Å². The van der Waals surface area contributed by atoms with Crippen LogP contribution < -0.4 is 4.90 Å². The van der Waals surface area contributed by atoms with Gasteiger partial charge in [0.15, 0.2) is 17.3 Å². The van der Waals surface area contributed by atoms with E-state index in [1.807, 2.05) is 18.5 Å². The topological polar surface area (TPSA) is 63.2 Å². The van der Waals surface area contributed by atoms with Gasteiger partial charge >= 0.3 is 6.18 Å². The van der Waals surface area contributed by atoms with Crippen LogP contribution in [0.3, 0.4) is 0 Å². The lowest BCUT2D eigenvalue weighted by molar-refractivity contribution is -0.137. The number of rotatable bonds is 7. The molecule has 5 rings (SSSR count). The van der Waals surface area contributed by atoms with Gasteiger partial charge in [-0.25, -0.2) is 4.98 Å². The van der Waals surface area contributed by atoms with Crippen molar-refractivity contribution in [3.8, 4) is 11.6 Å². The van der Waals surface area contributed by atoms with Gasteiger partial charge in [-0.15, -0.1) is 10.2 Å². The molecular formula is C24H29F3N6OS. The molecule has 2 aliphatic heterocycles. The number of alkyl halides is 3. The molecule has 2 aromatic heterocycles. The van der Waals surface area contributed by atoms with Gasteiger partial charge in [0, 0.05) is 49.6 Å². The molecule has 0 radical (unpaired) electrons. The summed E-state index contributed by atoms with van der Waals surface area (Å²) in [5.74, 6) is 2.23. The molecule has 2 aliphatic rings. The predicted octanol–water partition coefficient (Wildman–Crippen LogP) is 4.88. The number of hydrogen-bond acceptors (Lipinski definition) is 7. The Morgan fingerprint density at radius 3 is 2.66 bits per heavy atom. The molecule has 2 saturated heterocycles. The number of aromatic nitrogens is 4. The lowest BCUT2D eigenvalue weighted by Crippen LogP contribution is -2.37. The second kappa shape index (κ2) is 9.16. The summed E-state index contributed by atoms with van der Waals surface area (Å²) >= 11 is 1.67. The average Bonchev–Trinajstić information content (AvgIpc) is 3.54. The summed E-state index contributed by atoms with van der Waals surface area (Å²) in [6.45, 7) is 7.99. The van der Waals surface area contributed by atoms with Gasteiger partial charge in [-0.1, -0.05) is 18.7 Å². The number of likely N-dealkylation sites (tertiary alicyclic amines) is 1. The van der Waals surface area contributed by atoms with Crippen molar-refractivity contribution < 1.29 is 17.6 Å². The summed E-state index contributed by atoms with van der Waals surface area (Å²) in [5, 5.41) is 9.40. The van der Waals surface area contributed by atoms with Crippen molar-refractivity contribution in [2.75, 3.05) is 36.8 Å². The Balaban J connectivity index is 1.15. The maximum Gasteiger partial charge on any atom is 0.416 e. The highest BCUT2D eigenvalue weighted by atomic mass is 32.2. The number of fused-ring (bicyclic) bond motifs is 1. The minimum Gasteiger partial charge on any atom is -0.440 e. The van der Waals surface area contributed by atoms with Crippen molar-refractivity contribution in [3.05, 3.63) is 41.9 Å². The molecule has 2 atom stereocenters. The Morgan fingerprint density at radius 1 is 1.20 bits per heavy atom. The zero-order chi connectivity index (χ0) is 24.8. The quantitative estimate of drug-likeness (QED) is 0.334. The Bertz CT molecular complexity index is 1180. The first-order valence-corrected chi connectivity index (χ1v) is 12.7. The third-order valence-corrected chi connectivity index (χ3v) is 8.39. The van der Waals surface area contributed by atoms with E-state index in [-0.39, 0.29) is 5.41 Å². The van der Waals surface area contributed by atoms with Gasteiger partial charge < -0.3 is 18.8 Å². The lowest BCUT2D eigenvalue weighted by atomic mass is 9.85. The monoisotopic (exact) mass is 506 g/mol. The average molecular weight is 507 g/mol. The van der Waals surface area contributed by atoms with E-state index in [9.17, 15) is 13.2 Å². The number of nitrogens with zero attached hydrogens (tertiary/aromatic N) is 6. The Hall–Kier alpha value is -2.53. The molecule has 3 aromatic rings. The van der Waals surface area contributed by atoms with Crippen LogP contribution in [0.5, 0.6) is 0 Å². The number of aryl methyl sites for hydroxylation is 1. The van der Waals surface area contributed by atoms with Crippen molar-refractivity contribution in [1.82, 2.24) is 24.6 Å². The molecule has 0 spiro atoms. The van der Waals surface area contributed by atoms with E-state index in [0.717, 1.165) is 61.3 Å². The van der Waals surface area contributed by atoms with E-state index in [1.165, 1.54) is 18.5 Å². The molecule has 0 saturated carbocycles. The van der Waals surface area contributed by atoms with E-state index >= 15 is 0 Å². The molecule has 188 valence electrons. The van der Waals surface area contributed by atoms with E-state index in [1.54, 1.807) is 23.9 Å². The molecule has 35 heavy (non-hydrogen) atoms. The van der Waals surface area contributed by atoms with E-state index in [4.69, 9.17) is 4.42 Å².